The van der Waals surface area contributed by atoms with Crippen LogP contribution < -0.4 is 10.2 Å². The molecule has 0 bridgehead atoms. The average Bonchev–Trinajstić information content (AvgIpc) is 3.10. The predicted molar refractivity (Wildman–Crippen MR) is 94.1 cm³/mol. The number of likely N-dealkylation sites (N-methyl/N-ethyl adjacent to an activating group) is 1. The van der Waals surface area contributed by atoms with Gasteiger partial charge in [0.15, 0.2) is 0 Å². The van der Waals surface area contributed by atoms with E-state index >= 15 is 0 Å². The zero-order valence-corrected chi connectivity index (χ0v) is 14.6. The van der Waals surface area contributed by atoms with Crippen molar-refractivity contribution in [2.75, 3.05) is 38.1 Å². The normalized spacial score (nSPS) is 16.9. The van der Waals surface area contributed by atoms with Crippen LogP contribution in [-0.2, 0) is 0 Å². The molecule has 1 atom stereocenters. The highest BCUT2D eigenvalue weighted by molar-refractivity contribution is 7.07. The van der Waals surface area contributed by atoms with E-state index in [2.05, 4.69) is 27.1 Å². The van der Waals surface area contributed by atoms with Gasteiger partial charge in [0.2, 0.25) is 0 Å². The molecule has 0 spiro atoms. The first kappa shape index (κ1) is 16.9. The highest BCUT2D eigenvalue weighted by Crippen LogP contribution is 2.28. The fraction of sp³-hybridized carbons (Fsp3) is 0.412. The molecule has 7 heteroatoms. The van der Waals surface area contributed by atoms with E-state index in [0.29, 0.717) is 5.69 Å². The highest BCUT2D eigenvalue weighted by atomic mass is 32.1. The molecule has 1 saturated heterocycles. The summed E-state index contributed by atoms with van der Waals surface area (Å²) in [6.45, 7) is 5.59. The topological polar surface area (TPSA) is 48.5 Å². The predicted octanol–water partition coefficient (Wildman–Crippen LogP) is 2.53. The number of benzene rings is 1. The quantitative estimate of drug-likeness (QED) is 0.922. The first-order chi connectivity index (χ1) is 11.5. The van der Waals surface area contributed by atoms with E-state index in [0.717, 1.165) is 37.4 Å². The second-order valence-electron chi connectivity index (χ2n) is 6.06. The SMILES string of the molecule is CC(NC(=O)c1cscn1)c1cc(F)ccc1N1CCN(C)CC1. The highest BCUT2D eigenvalue weighted by Gasteiger charge is 2.21. The molecule has 0 saturated carbocycles. The van der Waals surface area contributed by atoms with E-state index in [1.807, 2.05) is 13.0 Å². The van der Waals surface area contributed by atoms with Gasteiger partial charge in [0.05, 0.1) is 11.6 Å². The summed E-state index contributed by atoms with van der Waals surface area (Å²) >= 11 is 1.37. The zero-order valence-electron chi connectivity index (χ0n) is 13.8. The van der Waals surface area contributed by atoms with Gasteiger partial charge in [-0.15, -0.1) is 11.3 Å². The van der Waals surface area contributed by atoms with Gasteiger partial charge in [-0.05, 0) is 32.2 Å². The monoisotopic (exact) mass is 348 g/mol. The third kappa shape index (κ3) is 3.73. The van der Waals surface area contributed by atoms with Crippen molar-refractivity contribution in [1.82, 2.24) is 15.2 Å². The number of anilines is 1. The first-order valence-electron chi connectivity index (χ1n) is 7.96. The number of nitrogens with one attached hydrogen (secondary N) is 1. The number of nitrogens with zero attached hydrogens (tertiary/aromatic N) is 3. The van der Waals surface area contributed by atoms with Crippen LogP contribution in [0, 0.1) is 5.82 Å². The summed E-state index contributed by atoms with van der Waals surface area (Å²) < 4.78 is 13.8. The molecule has 1 aromatic heterocycles. The van der Waals surface area contributed by atoms with Crippen molar-refractivity contribution >= 4 is 22.9 Å². The Labute approximate surface area is 145 Å². The lowest BCUT2D eigenvalue weighted by molar-refractivity contribution is 0.0935. The Morgan fingerprint density at radius 1 is 1.33 bits per heavy atom. The fourth-order valence-corrected chi connectivity index (χ4v) is 3.41. The van der Waals surface area contributed by atoms with Crippen LogP contribution in [0.2, 0.25) is 0 Å². The van der Waals surface area contributed by atoms with Crippen molar-refractivity contribution in [3.8, 4) is 0 Å². The fourth-order valence-electron chi connectivity index (χ4n) is 2.88. The lowest BCUT2D eigenvalue weighted by atomic mass is 10.0. The lowest BCUT2D eigenvalue weighted by Gasteiger charge is -2.36. The molecule has 1 aliphatic rings. The van der Waals surface area contributed by atoms with Crippen molar-refractivity contribution < 1.29 is 9.18 Å². The van der Waals surface area contributed by atoms with Crippen LogP contribution in [0.15, 0.2) is 29.1 Å². The summed E-state index contributed by atoms with van der Waals surface area (Å²) in [5.41, 5.74) is 3.79. The average molecular weight is 348 g/mol. The molecular weight excluding hydrogens is 327 g/mol. The van der Waals surface area contributed by atoms with Crippen molar-refractivity contribution in [3.05, 3.63) is 46.2 Å². The van der Waals surface area contributed by atoms with Gasteiger partial charge in [0.25, 0.3) is 5.91 Å². The smallest absolute Gasteiger partial charge is 0.271 e. The number of thiazole rings is 1. The molecule has 128 valence electrons. The number of carbonyl (C=O) groups excluding carboxylic acids is 1. The third-order valence-corrected chi connectivity index (χ3v) is 4.90. The molecule has 1 N–H and O–H groups in total. The number of piperazine rings is 1. The largest absolute Gasteiger partial charge is 0.369 e. The number of carbonyl (C=O) groups is 1. The molecule has 1 aliphatic heterocycles. The number of hydrogen-bond acceptors (Lipinski definition) is 5. The van der Waals surface area contributed by atoms with Crippen molar-refractivity contribution in [3.63, 3.8) is 0 Å². The van der Waals surface area contributed by atoms with Crippen LogP contribution in [0.5, 0.6) is 0 Å². The summed E-state index contributed by atoms with van der Waals surface area (Å²) in [6, 6.07) is 4.50. The minimum atomic E-state index is -0.301. The minimum absolute atomic E-state index is 0.239. The standard InChI is InChI=1S/C17H21FN4OS/c1-12(20-17(23)15-10-24-11-19-15)14-9-13(18)3-4-16(14)22-7-5-21(2)6-8-22/h3-4,9-12H,5-8H2,1-2H3,(H,20,23). The van der Waals surface area contributed by atoms with E-state index in [1.165, 1.54) is 23.5 Å². The van der Waals surface area contributed by atoms with Gasteiger partial charge in [0.1, 0.15) is 11.5 Å². The van der Waals surface area contributed by atoms with E-state index in [4.69, 9.17) is 0 Å². The molecule has 2 aromatic rings. The summed E-state index contributed by atoms with van der Waals surface area (Å²) in [5, 5.41) is 4.62. The number of rotatable bonds is 4. The van der Waals surface area contributed by atoms with Gasteiger partial charge >= 0.3 is 0 Å². The molecule has 5 nitrogen and oxygen atoms in total. The van der Waals surface area contributed by atoms with E-state index in [9.17, 15) is 9.18 Å². The molecule has 1 amide bonds. The van der Waals surface area contributed by atoms with Crippen LogP contribution in [0.1, 0.15) is 29.0 Å². The summed E-state index contributed by atoms with van der Waals surface area (Å²) in [4.78, 5) is 20.8. The molecule has 0 aliphatic carbocycles. The van der Waals surface area contributed by atoms with E-state index in [1.54, 1.807) is 10.9 Å². The first-order valence-corrected chi connectivity index (χ1v) is 8.91. The molecule has 1 fully saturated rings. The molecule has 1 unspecified atom stereocenters. The summed E-state index contributed by atoms with van der Waals surface area (Å²) in [7, 11) is 2.10. The van der Waals surface area contributed by atoms with Gasteiger partial charge < -0.3 is 15.1 Å². The second kappa shape index (κ2) is 7.27. The maximum atomic E-state index is 13.8. The minimum Gasteiger partial charge on any atom is -0.369 e. The summed E-state index contributed by atoms with van der Waals surface area (Å²) in [5.74, 6) is -0.532. The molecule has 3 rings (SSSR count). The number of halogens is 1. The summed E-state index contributed by atoms with van der Waals surface area (Å²) in [6.07, 6.45) is 0. The van der Waals surface area contributed by atoms with Crippen LogP contribution in [0.4, 0.5) is 10.1 Å². The molecule has 0 radical (unpaired) electrons. The zero-order chi connectivity index (χ0) is 17.1. The Hall–Kier alpha value is -1.99. The van der Waals surface area contributed by atoms with Gasteiger partial charge in [-0.2, -0.15) is 0 Å². The van der Waals surface area contributed by atoms with Gasteiger partial charge in [0, 0.05) is 42.8 Å². The lowest BCUT2D eigenvalue weighted by Crippen LogP contribution is -2.45. The maximum absolute atomic E-state index is 13.8. The van der Waals surface area contributed by atoms with E-state index < -0.39 is 0 Å². The Morgan fingerprint density at radius 3 is 2.75 bits per heavy atom. The molecule has 24 heavy (non-hydrogen) atoms. The molecule has 2 heterocycles. The van der Waals surface area contributed by atoms with Gasteiger partial charge in [-0.25, -0.2) is 9.37 Å². The second-order valence-corrected chi connectivity index (χ2v) is 6.78. The van der Waals surface area contributed by atoms with E-state index in [-0.39, 0.29) is 17.8 Å². The Kier molecular flexibility index (Phi) is 5.11. The van der Waals surface area contributed by atoms with Crippen LogP contribution in [0.3, 0.4) is 0 Å². The Balaban J connectivity index is 1.80. The van der Waals surface area contributed by atoms with Gasteiger partial charge in [-0.1, -0.05) is 0 Å². The van der Waals surface area contributed by atoms with Crippen molar-refractivity contribution in [1.29, 1.82) is 0 Å². The van der Waals surface area contributed by atoms with Crippen LogP contribution in [-0.4, -0.2) is 49.0 Å². The third-order valence-electron chi connectivity index (χ3n) is 4.31. The van der Waals surface area contributed by atoms with Crippen molar-refractivity contribution in [2.24, 2.45) is 0 Å². The van der Waals surface area contributed by atoms with Crippen molar-refractivity contribution in [2.45, 2.75) is 13.0 Å². The number of hydrogen-bond donors (Lipinski definition) is 1. The van der Waals surface area contributed by atoms with Crippen LogP contribution in [0.25, 0.3) is 0 Å². The number of amides is 1. The Morgan fingerprint density at radius 2 is 2.08 bits per heavy atom. The van der Waals surface area contributed by atoms with Crippen LogP contribution >= 0.6 is 11.3 Å². The maximum Gasteiger partial charge on any atom is 0.271 e. The van der Waals surface area contributed by atoms with Gasteiger partial charge in [-0.3, -0.25) is 4.79 Å². The molecule has 1 aromatic carbocycles. The number of aromatic nitrogens is 1. The Bertz CT molecular complexity index is 699. The molecular formula is C17H21FN4OS.